The van der Waals surface area contributed by atoms with Crippen LogP contribution in [0.3, 0.4) is 0 Å². The lowest BCUT2D eigenvalue weighted by Crippen LogP contribution is -2.22. The summed E-state index contributed by atoms with van der Waals surface area (Å²) in [4.78, 5) is 11.6. The van der Waals surface area contributed by atoms with E-state index in [9.17, 15) is 4.79 Å². The predicted molar refractivity (Wildman–Crippen MR) is 86.7 cm³/mol. The number of ether oxygens (including phenoxy) is 2. The Labute approximate surface area is 134 Å². The van der Waals surface area contributed by atoms with Gasteiger partial charge in [-0.2, -0.15) is 10.1 Å². The Morgan fingerprint density at radius 2 is 2.00 bits per heavy atom. The molecule has 0 aromatic heterocycles. The summed E-state index contributed by atoms with van der Waals surface area (Å²) in [6, 6.07) is 3.57. The molecule has 0 spiro atoms. The number of carbonyl (C=O) groups excluding carboxylic acids is 1. The highest BCUT2D eigenvalue weighted by atomic mass is 79.9. The number of nitrogens with zero attached hydrogens (tertiary/aromatic N) is 2. The van der Waals surface area contributed by atoms with Gasteiger partial charge in [0.2, 0.25) is 0 Å². The van der Waals surface area contributed by atoms with Gasteiger partial charge in [0.05, 0.1) is 26.2 Å². The number of halogens is 1. The van der Waals surface area contributed by atoms with Crippen molar-refractivity contribution in [3.8, 4) is 11.5 Å². The molecule has 1 saturated heterocycles. The first-order valence-electron chi connectivity index (χ1n) is 5.52. The topological polar surface area (TPSA) is 51.1 Å². The number of hydrogen-bond acceptors (Lipinski definition) is 6. The van der Waals surface area contributed by atoms with E-state index in [4.69, 9.17) is 21.7 Å². The van der Waals surface area contributed by atoms with Crippen LogP contribution < -0.4 is 9.47 Å². The maximum atomic E-state index is 11.6. The van der Waals surface area contributed by atoms with Gasteiger partial charge in [0.25, 0.3) is 5.91 Å². The first kappa shape index (κ1) is 15.3. The summed E-state index contributed by atoms with van der Waals surface area (Å²) in [5, 5.41) is 5.33. The standard InChI is InChI=1S/C12H11BrN2O3S2/c1-17-8-3-7(4-9(18-2)11(8)13)5-14-15-10(16)6-20-12(15)19/h3-5H,6H2,1-2H3/b14-5+. The molecule has 20 heavy (non-hydrogen) atoms. The molecule has 0 bridgehead atoms. The van der Waals surface area contributed by atoms with Crippen LogP contribution in [0.2, 0.25) is 0 Å². The third-order valence-electron chi connectivity index (χ3n) is 2.52. The van der Waals surface area contributed by atoms with Crippen LogP contribution in [0.4, 0.5) is 0 Å². The van der Waals surface area contributed by atoms with E-state index < -0.39 is 0 Å². The number of hydrazone groups is 1. The van der Waals surface area contributed by atoms with Crippen LogP contribution in [0.25, 0.3) is 0 Å². The highest BCUT2D eigenvalue weighted by Crippen LogP contribution is 2.35. The number of hydrogen-bond donors (Lipinski definition) is 0. The van der Waals surface area contributed by atoms with Gasteiger partial charge >= 0.3 is 0 Å². The van der Waals surface area contributed by atoms with Crippen LogP contribution in [-0.2, 0) is 4.79 Å². The maximum Gasteiger partial charge on any atom is 0.259 e. The van der Waals surface area contributed by atoms with Crippen LogP contribution in [0, 0.1) is 0 Å². The molecule has 5 nitrogen and oxygen atoms in total. The zero-order valence-electron chi connectivity index (χ0n) is 10.8. The number of benzene rings is 1. The number of rotatable bonds is 4. The van der Waals surface area contributed by atoms with Crippen molar-refractivity contribution >= 4 is 56.4 Å². The Morgan fingerprint density at radius 3 is 2.45 bits per heavy atom. The lowest BCUT2D eigenvalue weighted by atomic mass is 10.2. The largest absolute Gasteiger partial charge is 0.495 e. The second-order valence-electron chi connectivity index (χ2n) is 3.74. The summed E-state index contributed by atoms with van der Waals surface area (Å²) < 4.78 is 11.7. The van der Waals surface area contributed by atoms with Gasteiger partial charge in [-0.25, -0.2) is 0 Å². The minimum absolute atomic E-state index is 0.118. The average Bonchev–Trinajstić information content (AvgIpc) is 2.77. The Balaban J connectivity index is 2.29. The van der Waals surface area contributed by atoms with Crippen molar-refractivity contribution in [1.29, 1.82) is 0 Å². The molecule has 0 aliphatic carbocycles. The third kappa shape index (κ3) is 3.13. The lowest BCUT2D eigenvalue weighted by molar-refractivity contribution is -0.123. The Hall–Kier alpha value is -1.12. The molecule has 1 aromatic carbocycles. The van der Waals surface area contributed by atoms with Gasteiger partial charge < -0.3 is 9.47 Å². The molecular weight excluding hydrogens is 364 g/mol. The van der Waals surface area contributed by atoms with E-state index in [1.165, 1.54) is 16.8 Å². The smallest absolute Gasteiger partial charge is 0.259 e. The fourth-order valence-electron chi connectivity index (χ4n) is 1.55. The van der Waals surface area contributed by atoms with Gasteiger partial charge in [0.15, 0.2) is 4.32 Å². The van der Waals surface area contributed by atoms with Gasteiger partial charge in [0.1, 0.15) is 16.0 Å². The van der Waals surface area contributed by atoms with Gasteiger partial charge in [-0.15, -0.1) is 0 Å². The van der Waals surface area contributed by atoms with E-state index >= 15 is 0 Å². The predicted octanol–water partition coefficient (Wildman–Crippen LogP) is 2.66. The van der Waals surface area contributed by atoms with Crippen LogP contribution in [-0.4, -0.2) is 41.4 Å². The fourth-order valence-corrected chi connectivity index (χ4v) is 3.07. The summed E-state index contributed by atoms with van der Waals surface area (Å²) in [6.07, 6.45) is 1.55. The van der Waals surface area contributed by atoms with E-state index in [-0.39, 0.29) is 5.91 Å². The van der Waals surface area contributed by atoms with Crippen LogP contribution in [0.1, 0.15) is 5.56 Å². The molecule has 1 aromatic rings. The van der Waals surface area contributed by atoms with Crippen molar-refractivity contribution in [3.05, 3.63) is 22.2 Å². The SMILES string of the molecule is COc1cc(/C=N/N2C(=O)CSC2=S)cc(OC)c1Br. The molecule has 1 amide bonds. The van der Waals surface area contributed by atoms with Crippen molar-refractivity contribution in [2.24, 2.45) is 5.10 Å². The second-order valence-corrected chi connectivity index (χ2v) is 6.15. The molecule has 8 heteroatoms. The maximum absolute atomic E-state index is 11.6. The third-order valence-corrected chi connectivity index (χ3v) is 4.64. The molecule has 1 heterocycles. The Morgan fingerprint density at radius 1 is 1.40 bits per heavy atom. The zero-order valence-corrected chi connectivity index (χ0v) is 14.0. The summed E-state index contributed by atoms with van der Waals surface area (Å²) >= 11 is 9.74. The molecule has 0 unspecified atom stereocenters. The number of amides is 1. The summed E-state index contributed by atoms with van der Waals surface area (Å²) in [5.74, 6) is 1.46. The van der Waals surface area contributed by atoms with Crippen LogP contribution >= 0.6 is 39.9 Å². The van der Waals surface area contributed by atoms with Gasteiger partial charge in [0, 0.05) is 5.56 Å². The van der Waals surface area contributed by atoms with E-state index in [2.05, 4.69) is 21.0 Å². The minimum atomic E-state index is -0.118. The van der Waals surface area contributed by atoms with Gasteiger partial charge in [-0.1, -0.05) is 24.0 Å². The summed E-state index contributed by atoms with van der Waals surface area (Å²) in [7, 11) is 3.13. The van der Waals surface area contributed by atoms with E-state index in [0.29, 0.717) is 21.6 Å². The lowest BCUT2D eigenvalue weighted by Gasteiger charge is -2.10. The minimum Gasteiger partial charge on any atom is -0.495 e. The monoisotopic (exact) mass is 374 g/mol. The number of methoxy groups -OCH3 is 2. The quantitative estimate of drug-likeness (QED) is 0.598. The van der Waals surface area contributed by atoms with Crippen molar-refractivity contribution < 1.29 is 14.3 Å². The normalized spacial score (nSPS) is 15.2. The molecular formula is C12H11BrN2O3S2. The molecule has 0 N–H and O–H groups in total. The van der Waals surface area contributed by atoms with Gasteiger partial charge in [-0.05, 0) is 28.1 Å². The van der Waals surface area contributed by atoms with Gasteiger partial charge in [-0.3, -0.25) is 4.79 Å². The van der Waals surface area contributed by atoms with Crippen LogP contribution in [0.5, 0.6) is 11.5 Å². The highest BCUT2D eigenvalue weighted by molar-refractivity contribution is 9.10. The van der Waals surface area contributed by atoms with E-state index in [1.807, 2.05) is 0 Å². The Bertz CT molecular complexity index is 551. The molecule has 2 rings (SSSR count). The van der Waals surface area contributed by atoms with E-state index in [1.54, 1.807) is 32.6 Å². The van der Waals surface area contributed by atoms with Crippen LogP contribution in [0.15, 0.2) is 21.7 Å². The first-order valence-corrected chi connectivity index (χ1v) is 7.70. The van der Waals surface area contributed by atoms with Crippen molar-refractivity contribution in [3.63, 3.8) is 0 Å². The number of thiocarbonyl (C=S) groups is 1. The average molecular weight is 375 g/mol. The first-order chi connectivity index (χ1) is 9.56. The summed E-state index contributed by atoms with van der Waals surface area (Å²) in [5.41, 5.74) is 0.745. The molecule has 0 radical (unpaired) electrons. The molecule has 0 saturated carbocycles. The molecule has 106 valence electrons. The summed E-state index contributed by atoms with van der Waals surface area (Å²) in [6.45, 7) is 0. The Kier molecular flexibility index (Phi) is 5.00. The fraction of sp³-hybridized carbons (Fsp3) is 0.250. The van der Waals surface area contributed by atoms with Crippen molar-refractivity contribution in [2.45, 2.75) is 0 Å². The second kappa shape index (κ2) is 6.55. The number of thioether (sulfide) groups is 1. The molecule has 1 aliphatic heterocycles. The molecule has 1 fully saturated rings. The molecule has 1 aliphatic rings. The highest BCUT2D eigenvalue weighted by Gasteiger charge is 2.26. The van der Waals surface area contributed by atoms with Crippen molar-refractivity contribution in [1.82, 2.24) is 5.01 Å². The molecule has 0 atom stereocenters. The number of carbonyl (C=O) groups is 1. The van der Waals surface area contributed by atoms with E-state index in [0.717, 1.165) is 10.0 Å². The van der Waals surface area contributed by atoms with Crippen molar-refractivity contribution in [2.75, 3.05) is 20.0 Å². The zero-order chi connectivity index (χ0) is 14.7.